The van der Waals surface area contributed by atoms with E-state index in [1.807, 2.05) is 30.3 Å². The first kappa shape index (κ1) is 48.2. The van der Waals surface area contributed by atoms with E-state index in [1.54, 1.807) is 0 Å². The maximum atomic E-state index is 12.6. The molecule has 20 heteroatoms. The molecule has 2 fully saturated rings. The lowest BCUT2D eigenvalue weighted by Gasteiger charge is -2.48. The van der Waals surface area contributed by atoms with Crippen molar-refractivity contribution in [2.45, 2.75) is 142 Å². The molecule has 2 aliphatic heterocycles. The number of hydrogen-bond acceptors (Lipinski definition) is 20. The summed E-state index contributed by atoms with van der Waals surface area (Å²) in [7, 11) is 0. The topological polar surface area (TPSA) is 247 Å². The maximum absolute atomic E-state index is 12.6. The number of carbonyl (C=O) groups excluding carboxylic acids is 8. The smallest absolute Gasteiger partial charge is 0.306 e. The zero-order valence-corrected chi connectivity index (χ0v) is 34.0. The molecule has 0 N–H and O–H groups in total. The number of hydrogen-bond donors (Lipinski definition) is 0. The molecule has 2 saturated heterocycles. The minimum Gasteiger partial charge on any atom is -0.463 e. The van der Waals surface area contributed by atoms with Crippen molar-refractivity contribution in [1.82, 2.24) is 0 Å². The number of esters is 8. The highest BCUT2D eigenvalue weighted by Gasteiger charge is 2.57. The van der Waals surface area contributed by atoms with Crippen LogP contribution in [0, 0.1) is 0 Å². The molecule has 3 rings (SSSR count). The molecule has 2 heterocycles. The third-order valence-corrected chi connectivity index (χ3v) is 8.44. The molecule has 328 valence electrons. The Kier molecular flexibility index (Phi) is 19.6. The van der Waals surface area contributed by atoms with Crippen LogP contribution in [-0.4, -0.2) is 129 Å². The van der Waals surface area contributed by atoms with Gasteiger partial charge in [0.2, 0.25) is 0 Å². The molecule has 0 aliphatic carbocycles. The van der Waals surface area contributed by atoms with Gasteiger partial charge in [0.25, 0.3) is 0 Å². The monoisotopic (exact) mass is 840 g/mol. The van der Waals surface area contributed by atoms with E-state index in [1.165, 1.54) is 0 Å². The van der Waals surface area contributed by atoms with Gasteiger partial charge in [-0.05, 0) is 18.4 Å². The second-order valence-electron chi connectivity index (χ2n) is 13.5. The highest BCUT2D eigenvalue weighted by atomic mass is 16.8. The molecule has 1 aromatic rings. The summed E-state index contributed by atoms with van der Waals surface area (Å²) in [6.07, 6.45) is -14.1. The molecular formula is C39H52O20. The Morgan fingerprint density at radius 1 is 0.492 bits per heavy atom. The number of rotatable bonds is 20. The van der Waals surface area contributed by atoms with Crippen LogP contribution < -0.4 is 0 Å². The number of ether oxygens (including phenoxy) is 12. The van der Waals surface area contributed by atoms with Gasteiger partial charge in [0.1, 0.15) is 38.1 Å². The van der Waals surface area contributed by atoms with Gasteiger partial charge in [-0.25, -0.2) is 0 Å². The second-order valence-corrected chi connectivity index (χ2v) is 13.5. The van der Waals surface area contributed by atoms with E-state index in [-0.39, 0.29) is 25.6 Å². The van der Waals surface area contributed by atoms with Gasteiger partial charge in [0.05, 0.1) is 0 Å². The van der Waals surface area contributed by atoms with E-state index < -0.39 is 116 Å². The van der Waals surface area contributed by atoms with Crippen LogP contribution in [0.2, 0.25) is 0 Å². The molecule has 10 atom stereocenters. The predicted molar refractivity (Wildman–Crippen MR) is 194 cm³/mol. The van der Waals surface area contributed by atoms with Gasteiger partial charge in [-0.3, -0.25) is 38.4 Å². The predicted octanol–water partition coefficient (Wildman–Crippen LogP) is 1.93. The minimum absolute atomic E-state index is 0.000210. The maximum Gasteiger partial charge on any atom is 0.306 e. The fourth-order valence-corrected chi connectivity index (χ4v) is 6.16. The largest absolute Gasteiger partial charge is 0.463 e. The summed E-state index contributed by atoms with van der Waals surface area (Å²) in [5, 5.41) is 0. The van der Waals surface area contributed by atoms with Crippen molar-refractivity contribution in [2.75, 3.05) is 19.8 Å². The van der Waals surface area contributed by atoms with Gasteiger partial charge in [0, 0.05) is 61.5 Å². The minimum atomic E-state index is -1.81. The Hall–Kier alpha value is -5.18. The van der Waals surface area contributed by atoms with Crippen LogP contribution in [0.1, 0.15) is 79.7 Å². The zero-order valence-electron chi connectivity index (χ0n) is 34.0. The zero-order chi connectivity index (χ0) is 43.6. The molecule has 0 spiro atoms. The summed E-state index contributed by atoms with van der Waals surface area (Å²) < 4.78 is 67.9. The Morgan fingerprint density at radius 2 is 0.949 bits per heavy atom. The van der Waals surface area contributed by atoms with Crippen LogP contribution in [0.3, 0.4) is 0 Å². The van der Waals surface area contributed by atoms with Gasteiger partial charge in [-0.15, -0.1) is 0 Å². The fourth-order valence-electron chi connectivity index (χ4n) is 6.16. The van der Waals surface area contributed by atoms with Gasteiger partial charge in [-0.1, -0.05) is 36.8 Å². The molecule has 1 aromatic carbocycles. The van der Waals surface area contributed by atoms with Crippen LogP contribution in [0.5, 0.6) is 0 Å². The van der Waals surface area contributed by atoms with E-state index in [0.717, 1.165) is 54.0 Å². The van der Waals surface area contributed by atoms with E-state index in [9.17, 15) is 38.4 Å². The first-order valence-corrected chi connectivity index (χ1v) is 18.9. The number of benzene rings is 1. The van der Waals surface area contributed by atoms with Gasteiger partial charge < -0.3 is 56.8 Å². The summed E-state index contributed by atoms with van der Waals surface area (Å²) in [4.78, 5) is 98.2. The Balaban J connectivity index is 1.91. The van der Waals surface area contributed by atoms with E-state index in [2.05, 4.69) is 0 Å². The highest BCUT2D eigenvalue weighted by molar-refractivity contribution is 5.70. The highest BCUT2D eigenvalue weighted by Crippen LogP contribution is 2.35. The molecule has 59 heavy (non-hydrogen) atoms. The lowest BCUT2D eigenvalue weighted by atomic mass is 9.96. The molecule has 0 saturated carbocycles. The number of carbonyl (C=O) groups is 8. The van der Waals surface area contributed by atoms with Crippen molar-refractivity contribution in [3.8, 4) is 0 Å². The Bertz CT molecular complexity index is 1600. The summed E-state index contributed by atoms with van der Waals surface area (Å²) in [6.45, 7) is 6.50. The van der Waals surface area contributed by atoms with Crippen molar-refractivity contribution in [3.05, 3.63) is 35.9 Å². The number of unbranched alkanes of at least 4 members (excludes halogenated alkanes) is 2. The third-order valence-electron chi connectivity index (χ3n) is 8.44. The van der Waals surface area contributed by atoms with Crippen LogP contribution in [0.4, 0.5) is 0 Å². The van der Waals surface area contributed by atoms with Crippen molar-refractivity contribution in [2.24, 2.45) is 0 Å². The van der Waals surface area contributed by atoms with Crippen molar-refractivity contribution >= 4 is 47.8 Å². The van der Waals surface area contributed by atoms with E-state index >= 15 is 0 Å². The van der Waals surface area contributed by atoms with E-state index in [4.69, 9.17) is 56.8 Å². The van der Waals surface area contributed by atoms with Crippen LogP contribution in [0.15, 0.2) is 30.3 Å². The van der Waals surface area contributed by atoms with Gasteiger partial charge in [-0.2, -0.15) is 0 Å². The second kappa shape index (κ2) is 24.0. The van der Waals surface area contributed by atoms with E-state index in [0.29, 0.717) is 19.3 Å². The van der Waals surface area contributed by atoms with Crippen LogP contribution >= 0.6 is 0 Å². The average molecular weight is 841 g/mol. The summed E-state index contributed by atoms with van der Waals surface area (Å²) in [5.41, 5.74) is 0.855. The van der Waals surface area contributed by atoms with Crippen LogP contribution in [0.25, 0.3) is 0 Å². The molecule has 20 nitrogen and oxygen atoms in total. The van der Waals surface area contributed by atoms with Crippen LogP contribution in [-0.2, 0) is 102 Å². The van der Waals surface area contributed by atoms with Crippen molar-refractivity contribution < 1.29 is 95.2 Å². The molecule has 0 aromatic heterocycles. The molecule has 0 amide bonds. The molecule has 0 radical (unpaired) electrons. The quantitative estimate of drug-likeness (QED) is 0.103. The third kappa shape index (κ3) is 16.5. The first-order chi connectivity index (χ1) is 27.9. The summed E-state index contributed by atoms with van der Waals surface area (Å²) in [5.74, 6) is -6.29. The normalized spacial score (nSPS) is 26.3. The lowest BCUT2D eigenvalue weighted by Crippen LogP contribution is -2.67. The molecular weight excluding hydrogens is 788 g/mol. The Morgan fingerprint density at radius 3 is 1.47 bits per heavy atom. The summed E-state index contributed by atoms with van der Waals surface area (Å²) in [6, 6.07) is 9.22. The lowest BCUT2D eigenvalue weighted by molar-refractivity contribution is -0.361. The van der Waals surface area contributed by atoms with Crippen molar-refractivity contribution in [1.29, 1.82) is 0 Å². The Labute approximate surface area is 340 Å². The van der Waals surface area contributed by atoms with Crippen molar-refractivity contribution in [3.63, 3.8) is 0 Å². The standard InChI is InChI=1S/C39H52O20/c1-21(40)49-19-29-32(52-23(3)42)34(53-24(4)43)37(56-27(7)46)39(58-29)59-33-30(20-50-22(2)41)57-38(36(55-26(6)45)35(33)54-25(5)44)48-17-13-9-12-16-31(47)51-18-28-14-10-8-11-15-28/h8,10-11,14-15,29-30,32-39H,9,12-13,16-20H2,1-7H3/t29-,30-,32+,33-,34+,35+,36-,37-,38-,39+/m1/s1. The SMILES string of the molecule is CC(=O)OC[C@H]1O[C@@H](O[C@H]2[C@H](OC(C)=O)[C@@H](OC(C)=O)[C@H](OCCCCCC(=O)OCc3ccccc3)O[C@@H]2COC(C)=O)[C@H](OC(C)=O)[C@@H](OC(C)=O)[C@H]1OC(C)=O. The molecule has 0 bridgehead atoms. The summed E-state index contributed by atoms with van der Waals surface area (Å²) >= 11 is 0. The average Bonchev–Trinajstić information content (AvgIpc) is 3.14. The first-order valence-electron chi connectivity index (χ1n) is 18.9. The molecule has 2 aliphatic rings. The van der Waals surface area contributed by atoms with Gasteiger partial charge in [0.15, 0.2) is 43.1 Å². The fraction of sp³-hybridized carbons (Fsp3) is 0.641. The van der Waals surface area contributed by atoms with Gasteiger partial charge >= 0.3 is 47.8 Å². The molecule has 0 unspecified atom stereocenters.